The molecule has 0 saturated heterocycles. The number of para-hydroxylation sites is 1. The topological polar surface area (TPSA) is 75.9 Å². The predicted molar refractivity (Wildman–Crippen MR) is 121 cm³/mol. The monoisotopic (exact) mass is 418 g/mol. The molecule has 1 saturated carbocycles. The van der Waals surface area contributed by atoms with Crippen molar-refractivity contribution in [1.82, 2.24) is 25.1 Å². The highest BCUT2D eigenvalue weighted by atomic mass is 16.2. The number of anilines is 1. The molecule has 0 aliphatic heterocycles. The molecule has 2 aromatic carbocycles. The molecule has 3 aromatic rings. The molecule has 1 aliphatic carbocycles. The van der Waals surface area contributed by atoms with E-state index in [1.807, 2.05) is 48.1 Å². The lowest BCUT2D eigenvalue weighted by molar-refractivity contribution is 0.0786. The zero-order valence-electron chi connectivity index (χ0n) is 18.7. The number of carbonyl (C=O) groups excluding carboxylic acids is 1. The number of rotatable bonds is 4. The molecule has 1 fully saturated rings. The second-order valence-electron chi connectivity index (χ2n) is 8.77. The molecule has 4 rings (SSSR count). The number of carbonyl (C=O) groups is 1. The first kappa shape index (κ1) is 21.0. The van der Waals surface area contributed by atoms with Crippen LogP contribution in [0.15, 0.2) is 48.5 Å². The lowest BCUT2D eigenvalue weighted by atomic mass is 9.75. The van der Waals surface area contributed by atoms with Gasteiger partial charge in [0.05, 0.1) is 5.69 Å². The molecule has 1 N–H and O–H groups in total. The van der Waals surface area contributed by atoms with E-state index in [2.05, 4.69) is 53.7 Å². The summed E-state index contributed by atoms with van der Waals surface area (Å²) in [6.45, 7) is 6.40. The van der Waals surface area contributed by atoms with E-state index in [-0.39, 0.29) is 6.03 Å². The lowest BCUT2D eigenvalue weighted by Crippen LogP contribution is -2.52. The van der Waals surface area contributed by atoms with Crippen LogP contribution < -0.4 is 5.32 Å². The Labute approximate surface area is 183 Å². The quantitative estimate of drug-likeness (QED) is 0.657. The van der Waals surface area contributed by atoms with Gasteiger partial charge in [-0.2, -0.15) is 4.68 Å². The fourth-order valence-corrected chi connectivity index (χ4v) is 4.55. The van der Waals surface area contributed by atoms with Gasteiger partial charge >= 0.3 is 6.03 Å². The Balaban J connectivity index is 1.74. The van der Waals surface area contributed by atoms with E-state index in [1.54, 1.807) is 4.90 Å². The van der Waals surface area contributed by atoms with Gasteiger partial charge in [-0.3, -0.25) is 0 Å². The first-order valence-corrected chi connectivity index (χ1v) is 10.9. The summed E-state index contributed by atoms with van der Waals surface area (Å²) in [6, 6.07) is 15.6. The molecule has 162 valence electrons. The minimum atomic E-state index is -0.577. The van der Waals surface area contributed by atoms with E-state index in [9.17, 15) is 4.79 Å². The van der Waals surface area contributed by atoms with Crippen molar-refractivity contribution in [3.63, 3.8) is 0 Å². The summed E-state index contributed by atoms with van der Waals surface area (Å²) in [5.74, 6) is 1.33. The number of amides is 2. The molecule has 7 heteroatoms. The largest absolute Gasteiger partial charge is 0.322 e. The smallest absolute Gasteiger partial charge is 0.315 e. The van der Waals surface area contributed by atoms with Crippen LogP contribution in [-0.4, -0.2) is 38.2 Å². The summed E-state index contributed by atoms with van der Waals surface area (Å²) in [4.78, 5) is 15.1. The minimum absolute atomic E-state index is 0.157. The second kappa shape index (κ2) is 8.49. The summed E-state index contributed by atoms with van der Waals surface area (Å²) in [5, 5.41) is 15.9. The normalized spacial score (nSPS) is 21.0. The Kier molecular flexibility index (Phi) is 5.76. The zero-order valence-corrected chi connectivity index (χ0v) is 18.7. The molecule has 0 bridgehead atoms. The maximum Gasteiger partial charge on any atom is 0.322 e. The fourth-order valence-electron chi connectivity index (χ4n) is 4.55. The van der Waals surface area contributed by atoms with Crippen LogP contribution >= 0.6 is 0 Å². The minimum Gasteiger partial charge on any atom is -0.315 e. The summed E-state index contributed by atoms with van der Waals surface area (Å²) < 4.78 is 1.82. The van der Waals surface area contributed by atoms with Gasteiger partial charge in [-0.1, -0.05) is 42.8 Å². The van der Waals surface area contributed by atoms with Gasteiger partial charge in [0.15, 0.2) is 5.82 Å². The summed E-state index contributed by atoms with van der Waals surface area (Å²) in [6.07, 6.45) is 3.67. The third-order valence-electron chi connectivity index (χ3n) is 6.54. The Morgan fingerprint density at radius 2 is 1.84 bits per heavy atom. The first-order chi connectivity index (χ1) is 14.9. The van der Waals surface area contributed by atoms with Crippen molar-refractivity contribution in [2.75, 3.05) is 12.4 Å². The number of hydrogen-bond donors (Lipinski definition) is 1. The molecular weight excluding hydrogens is 388 g/mol. The van der Waals surface area contributed by atoms with Crippen molar-refractivity contribution in [3.8, 4) is 5.69 Å². The average Bonchev–Trinajstić information content (AvgIpc) is 3.25. The molecule has 1 aliphatic rings. The van der Waals surface area contributed by atoms with Crippen LogP contribution in [0.5, 0.6) is 0 Å². The Morgan fingerprint density at radius 3 is 2.52 bits per heavy atom. The van der Waals surface area contributed by atoms with Gasteiger partial charge in [0, 0.05) is 12.7 Å². The molecule has 1 heterocycles. The lowest BCUT2D eigenvalue weighted by Gasteiger charge is -2.44. The summed E-state index contributed by atoms with van der Waals surface area (Å²) in [5.41, 5.74) is 3.43. The molecule has 31 heavy (non-hydrogen) atoms. The Hall–Kier alpha value is -3.22. The number of urea groups is 1. The maximum absolute atomic E-state index is 13.3. The third kappa shape index (κ3) is 4.04. The van der Waals surface area contributed by atoms with Gasteiger partial charge < -0.3 is 10.2 Å². The SMILES string of the molecule is Cc1ccc(-n2nnnc2C2(N(C)C(=O)Nc3ccccc3)CCC(C)CC2)c(C)c1. The van der Waals surface area contributed by atoms with Gasteiger partial charge in [-0.15, -0.1) is 5.10 Å². The van der Waals surface area contributed by atoms with Crippen LogP contribution in [0, 0.1) is 19.8 Å². The van der Waals surface area contributed by atoms with Crippen LogP contribution in [0.25, 0.3) is 5.69 Å². The van der Waals surface area contributed by atoms with E-state index in [0.29, 0.717) is 5.92 Å². The zero-order chi connectivity index (χ0) is 22.0. The second-order valence-corrected chi connectivity index (χ2v) is 8.77. The van der Waals surface area contributed by atoms with Crippen LogP contribution in [-0.2, 0) is 5.54 Å². The highest BCUT2D eigenvalue weighted by Crippen LogP contribution is 2.43. The van der Waals surface area contributed by atoms with Gasteiger partial charge in [-0.05, 0) is 79.6 Å². The molecule has 0 atom stereocenters. The Morgan fingerprint density at radius 1 is 1.13 bits per heavy atom. The number of aromatic nitrogens is 4. The average molecular weight is 419 g/mol. The van der Waals surface area contributed by atoms with Crippen molar-refractivity contribution < 1.29 is 4.79 Å². The molecule has 0 unspecified atom stereocenters. The van der Waals surface area contributed by atoms with Crippen LogP contribution in [0.3, 0.4) is 0 Å². The predicted octanol–water partition coefficient (Wildman–Crippen LogP) is 4.85. The van der Waals surface area contributed by atoms with Crippen molar-refractivity contribution in [2.24, 2.45) is 5.92 Å². The third-order valence-corrected chi connectivity index (χ3v) is 6.54. The van der Waals surface area contributed by atoms with Gasteiger partial charge in [0.2, 0.25) is 0 Å². The summed E-state index contributed by atoms with van der Waals surface area (Å²) >= 11 is 0. The number of hydrogen-bond acceptors (Lipinski definition) is 4. The van der Waals surface area contributed by atoms with Crippen molar-refractivity contribution in [3.05, 3.63) is 65.5 Å². The van der Waals surface area contributed by atoms with Crippen molar-refractivity contribution in [2.45, 2.75) is 52.0 Å². The molecular formula is C24H30N6O. The maximum atomic E-state index is 13.3. The first-order valence-electron chi connectivity index (χ1n) is 10.9. The van der Waals surface area contributed by atoms with Crippen LogP contribution in [0.4, 0.5) is 10.5 Å². The molecule has 2 amide bonds. The van der Waals surface area contributed by atoms with E-state index in [4.69, 9.17) is 0 Å². The van der Waals surface area contributed by atoms with Crippen LogP contribution in [0.2, 0.25) is 0 Å². The molecule has 7 nitrogen and oxygen atoms in total. The van der Waals surface area contributed by atoms with Gasteiger partial charge in [-0.25, -0.2) is 4.79 Å². The molecule has 1 aromatic heterocycles. The highest BCUT2D eigenvalue weighted by molar-refractivity contribution is 5.89. The fraction of sp³-hybridized carbons (Fsp3) is 0.417. The number of nitrogens with zero attached hydrogens (tertiary/aromatic N) is 5. The molecule has 0 radical (unpaired) electrons. The number of nitrogens with one attached hydrogen (secondary N) is 1. The van der Waals surface area contributed by atoms with E-state index >= 15 is 0 Å². The van der Waals surface area contributed by atoms with Gasteiger partial charge in [0.25, 0.3) is 0 Å². The van der Waals surface area contributed by atoms with E-state index in [1.165, 1.54) is 5.56 Å². The molecule has 0 spiro atoms. The number of tetrazole rings is 1. The Bertz CT molecular complexity index is 1050. The van der Waals surface area contributed by atoms with E-state index < -0.39 is 5.54 Å². The summed E-state index contributed by atoms with van der Waals surface area (Å²) in [7, 11) is 1.86. The van der Waals surface area contributed by atoms with Crippen LogP contribution in [0.1, 0.15) is 49.6 Å². The van der Waals surface area contributed by atoms with E-state index in [0.717, 1.165) is 48.4 Å². The number of benzene rings is 2. The standard InChI is InChI=1S/C24H30N6O/c1-17-12-14-24(15-13-17,29(4)23(31)25-20-8-6-5-7-9-20)22-26-27-28-30(22)21-11-10-18(2)16-19(21)3/h5-11,16-17H,12-15H2,1-4H3,(H,25,31). The highest BCUT2D eigenvalue weighted by Gasteiger charge is 2.46. The van der Waals surface area contributed by atoms with Crippen molar-refractivity contribution >= 4 is 11.7 Å². The number of aryl methyl sites for hydroxylation is 2. The van der Waals surface area contributed by atoms with Crippen molar-refractivity contribution in [1.29, 1.82) is 0 Å². The van der Waals surface area contributed by atoms with Gasteiger partial charge in [0.1, 0.15) is 5.54 Å².